The Bertz CT molecular complexity index is 1070. The molecule has 3 aromatic heterocycles. The summed E-state index contributed by atoms with van der Waals surface area (Å²) in [5, 5.41) is 6.41. The minimum Gasteiger partial charge on any atom is -0.378 e. The highest BCUT2D eigenvalue weighted by Crippen LogP contribution is 2.26. The van der Waals surface area contributed by atoms with Crippen LogP contribution in [0, 0.1) is 0 Å². The lowest BCUT2D eigenvalue weighted by Gasteiger charge is -2.14. The van der Waals surface area contributed by atoms with Gasteiger partial charge in [-0.3, -0.25) is 4.40 Å². The molecule has 0 atom stereocenters. The van der Waals surface area contributed by atoms with Crippen molar-refractivity contribution in [1.29, 1.82) is 0 Å². The first-order chi connectivity index (χ1) is 13.2. The van der Waals surface area contributed by atoms with Gasteiger partial charge in [-0.05, 0) is 30.3 Å². The Hall–Kier alpha value is -3.61. The molecule has 0 fully saturated rings. The van der Waals surface area contributed by atoms with Crippen LogP contribution in [0.1, 0.15) is 0 Å². The maximum absolute atomic E-state index is 4.58. The van der Waals surface area contributed by atoms with Crippen LogP contribution in [0.15, 0.2) is 61.2 Å². The molecule has 4 aromatic rings. The SMILES string of the molecule is CNc1ccc(-c2cnc3c(Nc4cccc(N(C)C)c4)nccn23)cn1. The minimum absolute atomic E-state index is 0.708. The van der Waals surface area contributed by atoms with Crippen LogP contribution in [-0.4, -0.2) is 40.5 Å². The van der Waals surface area contributed by atoms with Crippen molar-refractivity contribution in [1.82, 2.24) is 19.4 Å². The Morgan fingerprint density at radius 1 is 1.00 bits per heavy atom. The average molecular weight is 359 g/mol. The fourth-order valence-electron chi connectivity index (χ4n) is 2.91. The zero-order valence-electron chi connectivity index (χ0n) is 15.5. The van der Waals surface area contributed by atoms with Crippen LogP contribution in [0.5, 0.6) is 0 Å². The summed E-state index contributed by atoms with van der Waals surface area (Å²) in [6, 6.07) is 12.1. The number of hydrogen-bond acceptors (Lipinski definition) is 6. The number of nitrogens with zero attached hydrogens (tertiary/aromatic N) is 5. The van der Waals surface area contributed by atoms with E-state index in [2.05, 4.69) is 42.6 Å². The molecule has 0 aliphatic heterocycles. The number of pyridine rings is 1. The minimum atomic E-state index is 0.708. The Morgan fingerprint density at radius 2 is 1.89 bits per heavy atom. The summed E-state index contributed by atoms with van der Waals surface area (Å²) < 4.78 is 2.02. The average Bonchev–Trinajstić information content (AvgIpc) is 3.13. The summed E-state index contributed by atoms with van der Waals surface area (Å²) in [4.78, 5) is 15.5. The topological polar surface area (TPSA) is 70.4 Å². The van der Waals surface area contributed by atoms with Crippen molar-refractivity contribution in [2.45, 2.75) is 0 Å². The highest BCUT2D eigenvalue weighted by atomic mass is 15.1. The van der Waals surface area contributed by atoms with Gasteiger partial charge in [0.05, 0.1) is 11.9 Å². The van der Waals surface area contributed by atoms with Crippen molar-refractivity contribution < 1.29 is 0 Å². The van der Waals surface area contributed by atoms with E-state index in [-0.39, 0.29) is 0 Å². The van der Waals surface area contributed by atoms with Crippen LogP contribution in [0.4, 0.5) is 23.0 Å². The zero-order valence-corrected chi connectivity index (χ0v) is 15.5. The van der Waals surface area contributed by atoms with Crippen molar-refractivity contribution in [3.8, 4) is 11.3 Å². The van der Waals surface area contributed by atoms with Gasteiger partial charge in [0.1, 0.15) is 5.82 Å². The zero-order chi connectivity index (χ0) is 18.8. The lowest BCUT2D eigenvalue weighted by atomic mass is 10.2. The van der Waals surface area contributed by atoms with Crippen molar-refractivity contribution >= 4 is 28.7 Å². The van der Waals surface area contributed by atoms with Crippen molar-refractivity contribution in [3.05, 3.63) is 61.2 Å². The van der Waals surface area contributed by atoms with Crippen LogP contribution in [-0.2, 0) is 0 Å². The molecule has 0 spiro atoms. The van der Waals surface area contributed by atoms with Gasteiger partial charge in [0.15, 0.2) is 11.5 Å². The van der Waals surface area contributed by atoms with Crippen molar-refractivity contribution in [2.24, 2.45) is 0 Å². The number of benzene rings is 1. The van der Waals surface area contributed by atoms with E-state index in [9.17, 15) is 0 Å². The summed E-state index contributed by atoms with van der Waals surface area (Å²) >= 11 is 0. The van der Waals surface area contributed by atoms with Gasteiger partial charge in [0, 0.05) is 56.7 Å². The molecule has 0 amide bonds. The first-order valence-corrected chi connectivity index (χ1v) is 8.66. The predicted molar refractivity (Wildman–Crippen MR) is 110 cm³/mol. The monoisotopic (exact) mass is 359 g/mol. The second-order valence-corrected chi connectivity index (χ2v) is 6.36. The molecule has 0 unspecified atom stereocenters. The summed E-state index contributed by atoms with van der Waals surface area (Å²) in [7, 11) is 5.89. The van der Waals surface area contributed by atoms with E-state index in [1.807, 2.05) is 68.4 Å². The molecule has 0 bridgehead atoms. The molecule has 1 aromatic carbocycles. The quantitative estimate of drug-likeness (QED) is 0.567. The molecule has 136 valence electrons. The lowest BCUT2D eigenvalue weighted by molar-refractivity contribution is 1.12. The highest BCUT2D eigenvalue weighted by Gasteiger charge is 2.11. The molecular weight excluding hydrogens is 338 g/mol. The fourth-order valence-corrected chi connectivity index (χ4v) is 2.91. The van der Waals surface area contributed by atoms with Gasteiger partial charge in [-0.25, -0.2) is 15.0 Å². The third-order valence-corrected chi connectivity index (χ3v) is 4.37. The van der Waals surface area contributed by atoms with E-state index in [1.54, 1.807) is 6.20 Å². The first kappa shape index (κ1) is 16.8. The smallest absolute Gasteiger partial charge is 0.180 e. The Morgan fingerprint density at radius 3 is 2.63 bits per heavy atom. The fraction of sp³-hybridized carbons (Fsp3) is 0.150. The molecule has 4 rings (SSSR count). The number of nitrogens with one attached hydrogen (secondary N) is 2. The number of fused-ring (bicyclic) bond motifs is 1. The molecule has 0 aliphatic carbocycles. The van der Waals surface area contributed by atoms with E-state index in [0.717, 1.165) is 34.1 Å². The van der Waals surface area contributed by atoms with Gasteiger partial charge < -0.3 is 15.5 Å². The van der Waals surface area contributed by atoms with Gasteiger partial charge >= 0.3 is 0 Å². The molecule has 0 aliphatic rings. The van der Waals surface area contributed by atoms with Crippen LogP contribution in [0.25, 0.3) is 16.9 Å². The van der Waals surface area contributed by atoms with Crippen LogP contribution >= 0.6 is 0 Å². The molecule has 3 heterocycles. The van der Waals surface area contributed by atoms with Gasteiger partial charge in [-0.1, -0.05) is 6.07 Å². The standard InChI is InChI=1S/C20H21N7/c1-21-18-8-7-14(12-23-18)17-13-24-20-19(22-9-10-27(17)20)25-15-5-4-6-16(11-15)26(2)3/h4-13H,1-3H3,(H,21,23)(H,22,25). The molecule has 0 saturated carbocycles. The number of imidazole rings is 1. The number of rotatable bonds is 5. The molecule has 7 nitrogen and oxygen atoms in total. The maximum Gasteiger partial charge on any atom is 0.180 e. The molecule has 0 radical (unpaired) electrons. The van der Waals surface area contributed by atoms with E-state index in [0.29, 0.717) is 5.82 Å². The van der Waals surface area contributed by atoms with Crippen LogP contribution in [0.3, 0.4) is 0 Å². The second-order valence-electron chi connectivity index (χ2n) is 6.36. The first-order valence-electron chi connectivity index (χ1n) is 8.66. The summed E-state index contributed by atoms with van der Waals surface area (Å²) in [6.45, 7) is 0. The molecule has 2 N–H and O–H groups in total. The Labute approximate surface area is 157 Å². The van der Waals surface area contributed by atoms with E-state index >= 15 is 0 Å². The molecule has 7 heteroatoms. The highest BCUT2D eigenvalue weighted by molar-refractivity contribution is 5.75. The van der Waals surface area contributed by atoms with Crippen LogP contribution in [0.2, 0.25) is 0 Å². The van der Waals surface area contributed by atoms with Gasteiger partial charge in [-0.2, -0.15) is 0 Å². The predicted octanol–water partition coefficient (Wildman–Crippen LogP) is 3.64. The van der Waals surface area contributed by atoms with Crippen LogP contribution < -0.4 is 15.5 Å². The summed E-state index contributed by atoms with van der Waals surface area (Å²) in [6.07, 6.45) is 7.36. The van der Waals surface area contributed by atoms with Crippen molar-refractivity contribution in [3.63, 3.8) is 0 Å². The van der Waals surface area contributed by atoms with E-state index < -0.39 is 0 Å². The largest absolute Gasteiger partial charge is 0.378 e. The van der Waals surface area contributed by atoms with Gasteiger partial charge in [0.2, 0.25) is 0 Å². The summed E-state index contributed by atoms with van der Waals surface area (Å²) in [5.74, 6) is 1.54. The van der Waals surface area contributed by atoms with Gasteiger partial charge in [-0.15, -0.1) is 0 Å². The Balaban J connectivity index is 1.71. The van der Waals surface area contributed by atoms with E-state index in [1.165, 1.54) is 0 Å². The Kier molecular flexibility index (Phi) is 4.33. The third kappa shape index (κ3) is 3.27. The summed E-state index contributed by atoms with van der Waals surface area (Å²) in [5.41, 5.74) is 4.81. The van der Waals surface area contributed by atoms with Crippen molar-refractivity contribution in [2.75, 3.05) is 36.7 Å². The normalized spacial score (nSPS) is 10.8. The maximum atomic E-state index is 4.58. The number of hydrogen-bond donors (Lipinski definition) is 2. The number of anilines is 4. The second kappa shape index (κ2) is 6.95. The van der Waals surface area contributed by atoms with Gasteiger partial charge in [0.25, 0.3) is 0 Å². The lowest BCUT2D eigenvalue weighted by Crippen LogP contribution is -2.08. The molecule has 0 saturated heterocycles. The van der Waals surface area contributed by atoms with E-state index in [4.69, 9.17) is 0 Å². The number of aromatic nitrogens is 4. The molecular formula is C20H21N7. The molecule has 27 heavy (non-hydrogen) atoms. The third-order valence-electron chi connectivity index (χ3n) is 4.37.